The van der Waals surface area contributed by atoms with Crippen LogP contribution in [0.2, 0.25) is 0 Å². The Bertz CT molecular complexity index is 1620. The molecule has 0 unspecified atom stereocenters. The van der Waals surface area contributed by atoms with Crippen molar-refractivity contribution < 1.29 is 23.1 Å². The first kappa shape index (κ1) is 24.8. The average molecular weight is 527 g/mol. The first-order valence-electron chi connectivity index (χ1n) is 11.5. The fourth-order valence-corrected chi connectivity index (χ4v) is 5.28. The SMILES string of the molecule is CN(C(=O)c1ccc2ncsc2c1)[C@H]1CN(C(=O)OC(C)(C)C)Cc2[nH]c(=O)c3cc(F)c(F)cc3c21. The minimum absolute atomic E-state index is 0.0209. The second-order valence-corrected chi connectivity index (χ2v) is 10.9. The molecule has 0 spiro atoms. The van der Waals surface area contributed by atoms with Crippen molar-refractivity contribution in [2.45, 2.75) is 39.0 Å². The Morgan fingerprint density at radius 1 is 1.16 bits per heavy atom. The Kier molecular flexibility index (Phi) is 5.98. The minimum Gasteiger partial charge on any atom is -0.444 e. The molecular weight excluding hydrogens is 502 g/mol. The zero-order chi connectivity index (χ0) is 26.6. The molecule has 3 heterocycles. The molecule has 0 aliphatic carbocycles. The number of nitrogens with zero attached hydrogens (tertiary/aromatic N) is 3. The highest BCUT2D eigenvalue weighted by molar-refractivity contribution is 7.16. The van der Waals surface area contributed by atoms with Crippen molar-refractivity contribution in [1.82, 2.24) is 19.8 Å². The minimum atomic E-state index is -1.15. The van der Waals surface area contributed by atoms with Crippen molar-refractivity contribution in [2.24, 2.45) is 0 Å². The quantitative estimate of drug-likeness (QED) is 0.398. The molecule has 0 bridgehead atoms. The second kappa shape index (κ2) is 8.91. The van der Waals surface area contributed by atoms with Gasteiger partial charge in [0, 0.05) is 30.4 Å². The summed E-state index contributed by atoms with van der Waals surface area (Å²) < 4.78 is 34.8. The van der Waals surface area contributed by atoms with Gasteiger partial charge in [0.15, 0.2) is 11.6 Å². The van der Waals surface area contributed by atoms with Gasteiger partial charge in [0.2, 0.25) is 0 Å². The summed E-state index contributed by atoms with van der Waals surface area (Å²) >= 11 is 1.40. The van der Waals surface area contributed by atoms with Crippen molar-refractivity contribution in [3.63, 3.8) is 0 Å². The van der Waals surface area contributed by atoms with Crippen LogP contribution in [0.3, 0.4) is 0 Å². The lowest BCUT2D eigenvalue weighted by Gasteiger charge is -2.39. The van der Waals surface area contributed by atoms with E-state index < -0.39 is 34.9 Å². The van der Waals surface area contributed by atoms with Crippen LogP contribution in [0.1, 0.15) is 48.4 Å². The van der Waals surface area contributed by atoms with E-state index in [0.29, 0.717) is 16.8 Å². The molecule has 4 aromatic rings. The molecule has 8 nitrogen and oxygen atoms in total. The van der Waals surface area contributed by atoms with Crippen LogP contribution in [0.25, 0.3) is 21.0 Å². The Morgan fingerprint density at radius 3 is 2.57 bits per heavy atom. The zero-order valence-electron chi connectivity index (χ0n) is 20.6. The molecule has 1 aliphatic rings. The monoisotopic (exact) mass is 526 g/mol. The Morgan fingerprint density at radius 2 is 1.86 bits per heavy atom. The number of carbonyl (C=O) groups is 2. The van der Waals surface area contributed by atoms with Crippen LogP contribution < -0.4 is 5.56 Å². The highest BCUT2D eigenvalue weighted by Crippen LogP contribution is 2.36. The molecule has 2 aromatic carbocycles. The van der Waals surface area contributed by atoms with Gasteiger partial charge in [-0.1, -0.05) is 0 Å². The lowest BCUT2D eigenvalue weighted by molar-refractivity contribution is 0.0142. The molecule has 5 rings (SSSR count). The summed E-state index contributed by atoms with van der Waals surface area (Å²) in [7, 11) is 1.57. The van der Waals surface area contributed by atoms with Gasteiger partial charge in [-0.3, -0.25) is 14.5 Å². The van der Waals surface area contributed by atoms with Crippen molar-refractivity contribution >= 4 is 44.3 Å². The number of fused-ring (bicyclic) bond motifs is 4. The van der Waals surface area contributed by atoms with Gasteiger partial charge in [-0.15, -0.1) is 11.3 Å². The fraction of sp³-hybridized carbons (Fsp3) is 0.308. The van der Waals surface area contributed by atoms with Crippen LogP contribution in [0.5, 0.6) is 0 Å². The number of H-pyrrole nitrogens is 1. The number of pyridine rings is 1. The van der Waals surface area contributed by atoms with Gasteiger partial charge in [-0.25, -0.2) is 18.6 Å². The number of carbonyl (C=O) groups excluding carboxylic acids is 2. The standard InChI is InChI=1S/C26H24F2N4O4S/c1-26(2,3)36-25(35)32-10-19-22(14-8-16(27)17(28)9-15(14)23(33)30-19)20(11-32)31(4)24(34)13-5-6-18-21(7-13)37-12-29-18/h5-9,12,20H,10-11H2,1-4H3,(H,30,33)/t20-/m0/s1. The number of halogens is 2. The maximum atomic E-state index is 14.4. The van der Waals surface area contributed by atoms with E-state index in [-0.39, 0.29) is 29.8 Å². The third kappa shape index (κ3) is 4.55. The fourth-order valence-electron chi connectivity index (χ4n) is 4.57. The molecule has 1 atom stereocenters. The van der Waals surface area contributed by atoms with E-state index in [1.807, 2.05) is 0 Å². The van der Waals surface area contributed by atoms with Gasteiger partial charge < -0.3 is 14.6 Å². The van der Waals surface area contributed by atoms with Crippen LogP contribution in [0.15, 0.2) is 40.6 Å². The number of rotatable bonds is 2. The molecule has 37 heavy (non-hydrogen) atoms. The molecule has 11 heteroatoms. The number of amides is 2. The van der Waals surface area contributed by atoms with E-state index in [9.17, 15) is 23.2 Å². The predicted octanol–water partition coefficient (Wildman–Crippen LogP) is 4.98. The number of likely N-dealkylation sites (N-methyl/N-ethyl adjacent to an activating group) is 1. The van der Waals surface area contributed by atoms with Gasteiger partial charge in [0.1, 0.15) is 5.60 Å². The van der Waals surface area contributed by atoms with Crippen LogP contribution in [0, 0.1) is 11.6 Å². The van der Waals surface area contributed by atoms with E-state index >= 15 is 0 Å². The summed E-state index contributed by atoms with van der Waals surface area (Å²) in [5.41, 5.74) is 2.24. The first-order valence-corrected chi connectivity index (χ1v) is 12.4. The molecule has 1 aliphatic heterocycles. The summed E-state index contributed by atoms with van der Waals surface area (Å²) in [4.78, 5) is 49.2. The highest BCUT2D eigenvalue weighted by atomic mass is 32.1. The number of aromatic amines is 1. The summed E-state index contributed by atoms with van der Waals surface area (Å²) in [6, 6.07) is 6.18. The number of ether oxygens (including phenoxy) is 1. The van der Waals surface area contributed by atoms with Gasteiger partial charge in [-0.05, 0) is 56.5 Å². The third-order valence-electron chi connectivity index (χ3n) is 6.28. The molecule has 0 saturated carbocycles. The van der Waals surface area contributed by atoms with Gasteiger partial charge in [0.05, 0.1) is 33.7 Å². The normalized spacial score (nSPS) is 15.6. The van der Waals surface area contributed by atoms with E-state index in [0.717, 1.165) is 22.3 Å². The Labute approximate surface area is 214 Å². The summed E-state index contributed by atoms with van der Waals surface area (Å²) in [6.45, 7) is 5.20. The lowest BCUT2D eigenvalue weighted by atomic mass is 9.92. The highest BCUT2D eigenvalue weighted by Gasteiger charge is 2.37. The molecule has 192 valence electrons. The Hall–Kier alpha value is -3.86. The Balaban J connectivity index is 1.63. The zero-order valence-corrected chi connectivity index (χ0v) is 21.4. The van der Waals surface area contributed by atoms with Crippen LogP contribution in [-0.4, -0.2) is 51.0 Å². The maximum Gasteiger partial charge on any atom is 0.410 e. The number of aromatic nitrogens is 2. The molecule has 2 aromatic heterocycles. The smallest absolute Gasteiger partial charge is 0.410 e. The number of nitrogens with one attached hydrogen (secondary N) is 1. The lowest BCUT2D eigenvalue weighted by Crippen LogP contribution is -2.47. The van der Waals surface area contributed by atoms with E-state index in [4.69, 9.17) is 4.74 Å². The van der Waals surface area contributed by atoms with Crippen LogP contribution >= 0.6 is 11.3 Å². The van der Waals surface area contributed by atoms with Crippen LogP contribution in [0.4, 0.5) is 13.6 Å². The van der Waals surface area contributed by atoms with Crippen molar-refractivity contribution in [3.05, 3.63) is 74.7 Å². The predicted molar refractivity (Wildman–Crippen MR) is 136 cm³/mol. The maximum absolute atomic E-state index is 14.4. The number of hydrogen-bond donors (Lipinski definition) is 1. The van der Waals surface area contributed by atoms with Gasteiger partial charge >= 0.3 is 6.09 Å². The van der Waals surface area contributed by atoms with Crippen molar-refractivity contribution in [2.75, 3.05) is 13.6 Å². The van der Waals surface area contributed by atoms with Gasteiger partial charge in [-0.2, -0.15) is 0 Å². The third-order valence-corrected chi connectivity index (χ3v) is 7.07. The molecule has 0 radical (unpaired) electrons. The largest absolute Gasteiger partial charge is 0.444 e. The van der Waals surface area contributed by atoms with Crippen LogP contribution in [-0.2, 0) is 11.3 Å². The summed E-state index contributed by atoms with van der Waals surface area (Å²) in [5, 5.41) is 0.143. The van der Waals surface area contributed by atoms with Gasteiger partial charge in [0.25, 0.3) is 11.5 Å². The van der Waals surface area contributed by atoms with E-state index in [1.165, 1.54) is 21.1 Å². The molecule has 0 saturated heterocycles. The average Bonchev–Trinajstić information content (AvgIpc) is 3.30. The number of thiazole rings is 1. The molecule has 0 fully saturated rings. The molecular formula is C26H24F2N4O4S. The summed E-state index contributed by atoms with van der Waals surface area (Å²) in [6.07, 6.45) is -0.624. The molecule has 1 N–H and O–H groups in total. The topological polar surface area (TPSA) is 95.6 Å². The number of hydrogen-bond acceptors (Lipinski definition) is 6. The van der Waals surface area contributed by atoms with Crippen molar-refractivity contribution in [1.29, 1.82) is 0 Å². The van der Waals surface area contributed by atoms with E-state index in [2.05, 4.69) is 9.97 Å². The molecule has 2 amide bonds. The van der Waals surface area contributed by atoms with Crippen molar-refractivity contribution in [3.8, 4) is 0 Å². The second-order valence-electron chi connectivity index (χ2n) is 9.99. The summed E-state index contributed by atoms with van der Waals surface area (Å²) in [5.74, 6) is -2.61. The number of benzene rings is 2. The first-order chi connectivity index (χ1) is 17.4. The van der Waals surface area contributed by atoms with E-state index in [1.54, 1.807) is 51.5 Å².